The fourth-order valence-electron chi connectivity index (χ4n) is 3.47. The highest BCUT2D eigenvalue weighted by Gasteiger charge is 2.24. The Morgan fingerprint density at radius 2 is 2.00 bits per heavy atom. The van der Waals surface area contributed by atoms with E-state index in [9.17, 15) is 4.79 Å². The summed E-state index contributed by atoms with van der Waals surface area (Å²) in [5.41, 5.74) is 4.01. The van der Waals surface area contributed by atoms with Gasteiger partial charge in [0.1, 0.15) is 0 Å². The predicted octanol–water partition coefficient (Wildman–Crippen LogP) is 3.94. The topological polar surface area (TPSA) is 40.5 Å². The monoisotopic (exact) mass is 289 g/mol. The summed E-state index contributed by atoms with van der Waals surface area (Å²) < 4.78 is 0. The molecule has 0 spiro atoms. The normalized spacial score (nSPS) is 21.2. The van der Waals surface area contributed by atoms with Crippen molar-refractivity contribution in [2.24, 2.45) is 5.92 Å². The largest absolute Gasteiger partial charge is 0.481 e. The highest BCUT2D eigenvalue weighted by atomic mass is 16.4. The van der Waals surface area contributed by atoms with E-state index in [2.05, 4.69) is 43.9 Å². The first-order valence-corrected chi connectivity index (χ1v) is 7.99. The summed E-state index contributed by atoms with van der Waals surface area (Å²) in [6, 6.07) is 7.18. The van der Waals surface area contributed by atoms with Gasteiger partial charge >= 0.3 is 5.97 Å². The zero-order chi connectivity index (χ0) is 15.4. The van der Waals surface area contributed by atoms with Gasteiger partial charge in [-0.15, -0.1) is 0 Å². The van der Waals surface area contributed by atoms with Gasteiger partial charge in [-0.05, 0) is 58.1 Å². The Labute approximate surface area is 128 Å². The maximum Gasteiger partial charge on any atom is 0.303 e. The maximum atomic E-state index is 10.7. The molecule has 0 radical (unpaired) electrons. The van der Waals surface area contributed by atoms with E-state index < -0.39 is 5.97 Å². The second-order valence-corrected chi connectivity index (χ2v) is 6.53. The number of hydrogen-bond donors (Lipinski definition) is 1. The Kier molecular flexibility index (Phi) is 5.40. The number of hydrogen-bond acceptors (Lipinski definition) is 2. The molecule has 1 aromatic rings. The molecular weight excluding hydrogens is 262 g/mol. The SMILES string of the molecule is Cc1cc(C)cc(C(C)N2CCCC(CCC(=O)O)C2)c1. The smallest absolute Gasteiger partial charge is 0.303 e. The third-order valence-electron chi connectivity index (χ3n) is 4.59. The van der Waals surface area contributed by atoms with Gasteiger partial charge in [0.25, 0.3) is 0 Å². The highest BCUT2D eigenvalue weighted by Crippen LogP contribution is 2.29. The summed E-state index contributed by atoms with van der Waals surface area (Å²) in [6.07, 6.45) is 3.46. The molecule has 1 aromatic carbocycles. The number of nitrogens with zero attached hydrogens (tertiary/aromatic N) is 1. The molecule has 1 aliphatic heterocycles. The number of benzene rings is 1. The van der Waals surface area contributed by atoms with E-state index in [0.717, 1.165) is 19.5 Å². The van der Waals surface area contributed by atoms with Crippen LogP contribution in [0.1, 0.15) is 55.3 Å². The predicted molar refractivity (Wildman–Crippen MR) is 85.5 cm³/mol. The van der Waals surface area contributed by atoms with Crippen LogP contribution in [0, 0.1) is 19.8 Å². The Bertz CT molecular complexity index is 478. The number of carboxylic acids is 1. The van der Waals surface area contributed by atoms with Gasteiger partial charge in [-0.1, -0.05) is 29.3 Å². The lowest BCUT2D eigenvalue weighted by atomic mass is 9.91. The molecule has 2 rings (SSSR count). The quantitative estimate of drug-likeness (QED) is 0.892. The van der Waals surface area contributed by atoms with Gasteiger partial charge in [-0.2, -0.15) is 0 Å². The van der Waals surface area contributed by atoms with Crippen molar-refractivity contribution in [3.8, 4) is 0 Å². The average molecular weight is 289 g/mol. The molecule has 1 aliphatic rings. The molecule has 0 amide bonds. The Morgan fingerprint density at radius 1 is 1.33 bits per heavy atom. The maximum absolute atomic E-state index is 10.7. The molecule has 3 heteroatoms. The van der Waals surface area contributed by atoms with Crippen LogP contribution in [0.4, 0.5) is 0 Å². The van der Waals surface area contributed by atoms with E-state index >= 15 is 0 Å². The van der Waals surface area contributed by atoms with Gasteiger partial charge in [-0.25, -0.2) is 0 Å². The fraction of sp³-hybridized carbons (Fsp3) is 0.611. The molecule has 21 heavy (non-hydrogen) atoms. The zero-order valence-corrected chi connectivity index (χ0v) is 13.4. The van der Waals surface area contributed by atoms with Crippen molar-refractivity contribution in [2.45, 2.75) is 52.5 Å². The molecule has 2 atom stereocenters. The Balaban J connectivity index is 2.01. The molecular formula is C18H27NO2. The molecule has 116 valence electrons. The molecule has 0 saturated carbocycles. The van der Waals surface area contributed by atoms with E-state index in [0.29, 0.717) is 18.4 Å². The first-order valence-electron chi connectivity index (χ1n) is 7.99. The van der Waals surface area contributed by atoms with Crippen LogP contribution in [0.5, 0.6) is 0 Å². The first kappa shape index (κ1) is 16.0. The number of aliphatic carboxylic acids is 1. The van der Waals surface area contributed by atoms with Crippen molar-refractivity contribution in [2.75, 3.05) is 13.1 Å². The van der Waals surface area contributed by atoms with Crippen LogP contribution in [-0.2, 0) is 4.79 Å². The average Bonchev–Trinajstić information content (AvgIpc) is 2.43. The van der Waals surface area contributed by atoms with Crippen molar-refractivity contribution in [3.63, 3.8) is 0 Å². The first-order chi connectivity index (χ1) is 9.95. The minimum absolute atomic E-state index is 0.302. The summed E-state index contributed by atoms with van der Waals surface area (Å²) in [7, 11) is 0. The molecule has 2 unspecified atom stereocenters. The van der Waals surface area contributed by atoms with E-state index in [4.69, 9.17) is 5.11 Å². The molecule has 0 bridgehead atoms. The van der Waals surface area contributed by atoms with E-state index in [1.54, 1.807) is 0 Å². The number of piperidine rings is 1. The molecule has 3 nitrogen and oxygen atoms in total. The Hall–Kier alpha value is -1.35. The molecule has 0 aromatic heterocycles. The van der Waals surface area contributed by atoms with Gasteiger partial charge in [0.05, 0.1) is 0 Å². The van der Waals surface area contributed by atoms with Gasteiger partial charge in [-0.3, -0.25) is 9.69 Å². The summed E-state index contributed by atoms with van der Waals surface area (Å²) in [5, 5.41) is 8.84. The van der Waals surface area contributed by atoms with Crippen molar-refractivity contribution in [3.05, 3.63) is 34.9 Å². The van der Waals surface area contributed by atoms with Crippen LogP contribution in [0.2, 0.25) is 0 Å². The van der Waals surface area contributed by atoms with Crippen LogP contribution in [0.25, 0.3) is 0 Å². The zero-order valence-electron chi connectivity index (χ0n) is 13.4. The number of carboxylic acid groups (broad SMARTS) is 1. The van der Waals surface area contributed by atoms with Crippen LogP contribution in [-0.4, -0.2) is 29.1 Å². The van der Waals surface area contributed by atoms with Crippen LogP contribution < -0.4 is 0 Å². The Morgan fingerprint density at radius 3 is 2.62 bits per heavy atom. The highest BCUT2D eigenvalue weighted by molar-refractivity contribution is 5.66. The number of carbonyl (C=O) groups is 1. The number of likely N-dealkylation sites (tertiary alicyclic amines) is 1. The van der Waals surface area contributed by atoms with Crippen molar-refractivity contribution in [1.82, 2.24) is 4.90 Å². The van der Waals surface area contributed by atoms with Crippen LogP contribution in [0.3, 0.4) is 0 Å². The van der Waals surface area contributed by atoms with E-state index in [-0.39, 0.29) is 0 Å². The van der Waals surface area contributed by atoms with Crippen molar-refractivity contribution < 1.29 is 9.90 Å². The number of aryl methyl sites for hydroxylation is 2. The standard InChI is InChI=1S/C18H27NO2/c1-13-9-14(2)11-17(10-13)15(3)19-8-4-5-16(12-19)6-7-18(20)21/h9-11,15-16H,4-8,12H2,1-3H3,(H,20,21). The van der Waals surface area contributed by atoms with Gasteiger partial charge in [0.2, 0.25) is 0 Å². The molecule has 0 aliphatic carbocycles. The lowest BCUT2D eigenvalue weighted by molar-refractivity contribution is -0.137. The van der Waals surface area contributed by atoms with E-state index in [1.165, 1.54) is 29.5 Å². The van der Waals surface area contributed by atoms with Gasteiger partial charge in [0.15, 0.2) is 0 Å². The van der Waals surface area contributed by atoms with Crippen LogP contribution in [0.15, 0.2) is 18.2 Å². The molecule has 1 fully saturated rings. The molecule has 1 N–H and O–H groups in total. The minimum atomic E-state index is -0.672. The van der Waals surface area contributed by atoms with Crippen molar-refractivity contribution in [1.29, 1.82) is 0 Å². The fourth-order valence-corrected chi connectivity index (χ4v) is 3.47. The van der Waals surface area contributed by atoms with Gasteiger partial charge in [0, 0.05) is 19.0 Å². The van der Waals surface area contributed by atoms with E-state index in [1.807, 2.05) is 0 Å². The van der Waals surface area contributed by atoms with Crippen molar-refractivity contribution >= 4 is 5.97 Å². The molecule has 1 heterocycles. The summed E-state index contributed by atoms with van der Waals surface area (Å²) >= 11 is 0. The van der Waals surface area contributed by atoms with Crippen LogP contribution >= 0.6 is 0 Å². The third kappa shape index (κ3) is 4.57. The lowest BCUT2D eigenvalue weighted by Crippen LogP contribution is -2.37. The minimum Gasteiger partial charge on any atom is -0.481 e. The summed E-state index contributed by atoms with van der Waals surface area (Å²) in [4.78, 5) is 13.3. The second kappa shape index (κ2) is 7.08. The summed E-state index contributed by atoms with van der Waals surface area (Å²) in [5.74, 6) is -0.141. The lowest BCUT2D eigenvalue weighted by Gasteiger charge is -2.37. The second-order valence-electron chi connectivity index (χ2n) is 6.53. The van der Waals surface area contributed by atoms with Gasteiger partial charge < -0.3 is 5.11 Å². The third-order valence-corrected chi connectivity index (χ3v) is 4.59. The summed E-state index contributed by atoms with van der Waals surface area (Å²) in [6.45, 7) is 8.72. The number of rotatable bonds is 5. The molecule has 1 saturated heterocycles.